The highest BCUT2D eigenvalue weighted by atomic mass is 32.2. The number of carbonyl (C=O) groups excluding carboxylic acids is 1. The number of amides is 1. The SMILES string of the molecule is CN(CC1COc2ccccc2O1)C(=O)CSc1nnc(-c2ccc(F)cc2)n1-c1ccccc1. The van der Waals surface area contributed by atoms with Gasteiger partial charge in [-0.3, -0.25) is 9.36 Å². The summed E-state index contributed by atoms with van der Waals surface area (Å²) in [5, 5.41) is 9.24. The summed E-state index contributed by atoms with van der Waals surface area (Å²) in [6.07, 6.45) is -0.248. The Labute approximate surface area is 206 Å². The van der Waals surface area contributed by atoms with Crippen LogP contribution in [-0.4, -0.2) is 57.6 Å². The lowest BCUT2D eigenvalue weighted by atomic mass is 10.2. The summed E-state index contributed by atoms with van der Waals surface area (Å²) in [4.78, 5) is 14.5. The van der Waals surface area contributed by atoms with Crippen LogP contribution in [0.15, 0.2) is 84.0 Å². The minimum absolute atomic E-state index is 0.0663. The molecule has 1 unspecified atom stereocenters. The molecule has 0 saturated carbocycles. The Balaban J connectivity index is 1.28. The van der Waals surface area contributed by atoms with Crippen LogP contribution in [0.3, 0.4) is 0 Å². The van der Waals surface area contributed by atoms with E-state index >= 15 is 0 Å². The number of thioether (sulfide) groups is 1. The number of benzene rings is 3. The Bertz CT molecular complexity index is 1310. The largest absolute Gasteiger partial charge is 0.486 e. The molecule has 178 valence electrons. The van der Waals surface area contributed by atoms with Gasteiger partial charge in [0, 0.05) is 18.3 Å². The normalized spacial score (nSPS) is 14.5. The second-order valence-electron chi connectivity index (χ2n) is 8.04. The fraction of sp³-hybridized carbons (Fsp3) is 0.192. The highest BCUT2D eigenvalue weighted by Crippen LogP contribution is 2.31. The van der Waals surface area contributed by atoms with E-state index in [4.69, 9.17) is 9.47 Å². The number of hydrogen-bond donors (Lipinski definition) is 0. The van der Waals surface area contributed by atoms with Crippen molar-refractivity contribution in [3.63, 3.8) is 0 Å². The van der Waals surface area contributed by atoms with Gasteiger partial charge in [0.1, 0.15) is 12.4 Å². The van der Waals surface area contributed by atoms with Crippen LogP contribution in [0.1, 0.15) is 0 Å². The van der Waals surface area contributed by atoms with Gasteiger partial charge in [0.05, 0.1) is 12.3 Å². The first-order valence-corrected chi connectivity index (χ1v) is 12.1. The molecule has 1 aromatic heterocycles. The first-order chi connectivity index (χ1) is 17.1. The molecule has 1 aliphatic heterocycles. The number of hydrogen-bond acceptors (Lipinski definition) is 6. The number of halogens is 1. The van der Waals surface area contributed by atoms with Crippen molar-refractivity contribution in [2.24, 2.45) is 0 Å². The molecule has 0 fully saturated rings. The third kappa shape index (κ3) is 5.14. The number of carbonyl (C=O) groups is 1. The average Bonchev–Trinajstić information content (AvgIpc) is 3.32. The first-order valence-electron chi connectivity index (χ1n) is 11.1. The topological polar surface area (TPSA) is 69.5 Å². The molecule has 4 aromatic rings. The molecule has 0 radical (unpaired) electrons. The second kappa shape index (κ2) is 10.2. The van der Waals surface area contributed by atoms with Crippen molar-refractivity contribution in [2.45, 2.75) is 11.3 Å². The van der Waals surface area contributed by atoms with Crippen LogP contribution in [0, 0.1) is 5.82 Å². The third-order valence-corrected chi connectivity index (χ3v) is 6.46. The van der Waals surface area contributed by atoms with E-state index in [2.05, 4.69) is 10.2 Å². The summed E-state index contributed by atoms with van der Waals surface area (Å²) in [5.41, 5.74) is 1.58. The predicted molar refractivity (Wildman–Crippen MR) is 131 cm³/mol. The zero-order valence-electron chi connectivity index (χ0n) is 19.0. The molecule has 0 spiro atoms. The molecular formula is C26H23FN4O3S. The highest BCUT2D eigenvalue weighted by Gasteiger charge is 2.24. The maximum atomic E-state index is 13.5. The summed E-state index contributed by atoms with van der Waals surface area (Å²) < 4.78 is 27.1. The molecule has 1 atom stereocenters. The second-order valence-corrected chi connectivity index (χ2v) is 8.99. The molecule has 0 bridgehead atoms. The quantitative estimate of drug-likeness (QED) is 0.356. The Morgan fingerprint density at radius 2 is 1.74 bits per heavy atom. The van der Waals surface area contributed by atoms with E-state index in [0.717, 1.165) is 11.3 Å². The first kappa shape index (κ1) is 22.9. The van der Waals surface area contributed by atoms with Gasteiger partial charge in [-0.05, 0) is 48.5 Å². The van der Waals surface area contributed by atoms with Crippen molar-refractivity contribution in [2.75, 3.05) is 26.0 Å². The minimum atomic E-state index is -0.321. The molecule has 1 aliphatic rings. The summed E-state index contributed by atoms with van der Waals surface area (Å²) in [5.74, 6) is 1.76. The van der Waals surface area contributed by atoms with Crippen LogP contribution in [0.2, 0.25) is 0 Å². The standard InChI is InChI=1S/C26H23FN4O3S/c1-30(15-21-16-33-22-9-5-6-10-23(22)34-21)24(32)17-35-26-29-28-25(18-11-13-19(27)14-12-18)31(26)20-7-3-2-4-8-20/h2-14,21H,15-17H2,1H3. The van der Waals surface area contributed by atoms with Gasteiger partial charge in [0.2, 0.25) is 5.91 Å². The van der Waals surface area contributed by atoms with Crippen molar-refractivity contribution < 1.29 is 18.7 Å². The lowest BCUT2D eigenvalue weighted by Gasteiger charge is -2.29. The minimum Gasteiger partial charge on any atom is -0.486 e. The number of rotatable bonds is 7. The summed E-state index contributed by atoms with van der Waals surface area (Å²) in [7, 11) is 1.75. The number of nitrogens with zero attached hydrogens (tertiary/aromatic N) is 4. The number of aromatic nitrogens is 3. The van der Waals surface area contributed by atoms with Gasteiger partial charge in [-0.15, -0.1) is 10.2 Å². The highest BCUT2D eigenvalue weighted by molar-refractivity contribution is 7.99. The Morgan fingerprint density at radius 3 is 2.51 bits per heavy atom. The van der Waals surface area contributed by atoms with E-state index in [-0.39, 0.29) is 23.6 Å². The van der Waals surface area contributed by atoms with E-state index < -0.39 is 0 Å². The molecule has 2 heterocycles. The van der Waals surface area contributed by atoms with E-state index in [0.29, 0.717) is 35.6 Å². The Hall–Kier alpha value is -3.85. The summed E-state index contributed by atoms with van der Waals surface area (Å²) in [6, 6.07) is 23.2. The molecule has 3 aromatic carbocycles. The van der Waals surface area contributed by atoms with Crippen LogP contribution >= 0.6 is 11.8 Å². The number of ether oxygens (including phenoxy) is 2. The lowest BCUT2D eigenvalue weighted by Crippen LogP contribution is -2.42. The van der Waals surface area contributed by atoms with E-state index in [1.165, 1.54) is 23.9 Å². The van der Waals surface area contributed by atoms with Crippen LogP contribution in [0.4, 0.5) is 4.39 Å². The van der Waals surface area contributed by atoms with Gasteiger partial charge in [-0.1, -0.05) is 42.1 Å². The molecule has 1 amide bonds. The fourth-order valence-electron chi connectivity index (χ4n) is 3.76. The van der Waals surface area contributed by atoms with Gasteiger partial charge >= 0.3 is 0 Å². The maximum Gasteiger partial charge on any atom is 0.232 e. The molecule has 5 rings (SSSR count). The van der Waals surface area contributed by atoms with E-state index in [9.17, 15) is 9.18 Å². The zero-order chi connectivity index (χ0) is 24.2. The third-order valence-electron chi connectivity index (χ3n) is 5.55. The zero-order valence-corrected chi connectivity index (χ0v) is 19.8. The predicted octanol–water partition coefficient (Wildman–Crippen LogP) is 4.46. The molecule has 35 heavy (non-hydrogen) atoms. The summed E-state index contributed by atoms with van der Waals surface area (Å²) >= 11 is 1.30. The number of likely N-dealkylation sites (N-methyl/N-ethyl adjacent to an activating group) is 1. The van der Waals surface area contributed by atoms with Gasteiger partial charge in [-0.25, -0.2) is 4.39 Å². The van der Waals surface area contributed by atoms with Gasteiger partial charge in [0.15, 0.2) is 28.6 Å². The Morgan fingerprint density at radius 1 is 1.03 bits per heavy atom. The fourth-order valence-corrected chi connectivity index (χ4v) is 4.65. The van der Waals surface area contributed by atoms with Gasteiger partial charge < -0.3 is 14.4 Å². The average molecular weight is 491 g/mol. The smallest absolute Gasteiger partial charge is 0.232 e. The molecular weight excluding hydrogens is 467 g/mol. The van der Waals surface area contributed by atoms with Crippen LogP contribution in [0.25, 0.3) is 17.1 Å². The van der Waals surface area contributed by atoms with Crippen LogP contribution < -0.4 is 9.47 Å². The molecule has 0 saturated heterocycles. The number of para-hydroxylation sites is 3. The molecule has 9 heteroatoms. The van der Waals surface area contributed by atoms with Gasteiger partial charge in [0.25, 0.3) is 0 Å². The molecule has 0 aliphatic carbocycles. The monoisotopic (exact) mass is 490 g/mol. The van der Waals surface area contributed by atoms with E-state index in [1.807, 2.05) is 59.2 Å². The number of fused-ring (bicyclic) bond motifs is 1. The van der Waals surface area contributed by atoms with Crippen molar-refractivity contribution >= 4 is 17.7 Å². The Kier molecular flexibility index (Phi) is 6.67. The molecule has 7 nitrogen and oxygen atoms in total. The van der Waals surface area contributed by atoms with Gasteiger partial charge in [-0.2, -0.15) is 0 Å². The van der Waals surface area contributed by atoms with Crippen molar-refractivity contribution in [3.8, 4) is 28.6 Å². The van der Waals surface area contributed by atoms with Crippen molar-refractivity contribution in [1.29, 1.82) is 0 Å². The van der Waals surface area contributed by atoms with Crippen LogP contribution in [0.5, 0.6) is 11.5 Å². The van der Waals surface area contributed by atoms with Crippen molar-refractivity contribution in [3.05, 3.63) is 84.7 Å². The maximum absolute atomic E-state index is 13.5. The van der Waals surface area contributed by atoms with Crippen LogP contribution in [-0.2, 0) is 4.79 Å². The summed E-state index contributed by atoms with van der Waals surface area (Å²) in [6.45, 7) is 0.783. The van der Waals surface area contributed by atoms with Crippen molar-refractivity contribution in [1.82, 2.24) is 19.7 Å². The van der Waals surface area contributed by atoms with E-state index in [1.54, 1.807) is 24.1 Å². The molecule has 0 N–H and O–H groups in total. The lowest BCUT2D eigenvalue weighted by molar-refractivity contribution is -0.128.